The van der Waals surface area contributed by atoms with Crippen molar-refractivity contribution in [3.8, 4) is 0 Å². The Kier molecular flexibility index (Phi) is 5.62. The Hall–Kier alpha value is -1.87. The van der Waals surface area contributed by atoms with Crippen molar-refractivity contribution in [3.05, 3.63) is 53.6 Å². The van der Waals surface area contributed by atoms with Crippen molar-refractivity contribution in [1.82, 2.24) is 0 Å². The van der Waals surface area contributed by atoms with Crippen LogP contribution in [0.2, 0.25) is 0 Å². The van der Waals surface area contributed by atoms with Crippen LogP contribution in [0.1, 0.15) is 58.9 Å². The van der Waals surface area contributed by atoms with E-state index in [1.165, 1.54) is 11.6 Å². The number of benzene rings is 1. The van der Waals surface area contributed by atoms with Crippen LogP contribution >= 0.6 is 0 Å². The third kappa shape index (κ3) is 4.03. The maximum atomic E-state index is 12.6. The first kappa shape index (κ1) is 19.9. The number of esters is 1. The molecule has 3 nitrogen and oxygen atoms in total. The number of ether oxygens (including phenoxy) is 1. The van der Waals surface area contributed by atoms with Gasteiger partial charge in [-0.1, -0.05) is 62.8 Å². The van der Waals surface area contributed by atoms with E-state index < -0.39 is 5.60 Å². The van der Waals surface area contributed by atoms with Gasteiger partial charge in [-0.05, 0) is 50.2 Å². The highest BCUT2D eigenvalue weighted by atomic mass is 16.6. The van der Waals surface area contributed by atoms with E-state index in [9.17, 15) is 9.90 Å². The Labute approximate surface area is 163 Å². The largest absolute Gasteiger partial charge is 0.456 e. The number of hydrogen-bond donors (Lipinski definition) is 1. The van der Waals surface area contributed by atoms with Crippen LogP contribution in [0.4, 0.5) is 0 Å². The molecule has 4 atom stereocenters. The first-order valence-corrected chi connectivity index (χ1v) is 10.1. The Bertz CT molecular complexity index is 733. The second kappa shape index (κ2) is 7.63. The van der Waals surface area contributed by atoms with E-state index in [2.05, 4.69) is 26.8 Å². The SMILES string of the molecule is CC(C)C1=CC2C(C)(OC(=O)C=Cc3ccccc3)CCC(O)C2(C)CC1. The molecular weight excluding hydrogens is 336 g/mol. The number of hydrogen-bond acceptors (Lipinski definition) is 3. The maximum absolute atomic E-state index is 12.6. The minimum atomic E-state index is -0.591. The number of rotatable bonds is 4. The van der Waals surface area contributed by atoms with Gasteiger partial charge in [0, 0.05) is 17.4 Å². The molecule has 0 saturated heterocycles. The summed E-state index contributed by atoms with van der Waals surface area (Å²) in [5.41, 5.74) is 1.55. The van der Waals surface area contributed by atoms with Crippen molar-refractivity contribution >= 4 is 12.0 Å². The molecular formula is C24H32O3. The summed E-state index contributed by atoms with van der Waals surface area (Å²) >= 11 is 0. The van der Waals surface area contributed by atoms with Gasteiger partial charge in [0.25, 0.3) is 0 Å². The highest BCUT2D eigenvalue weighted by Gasteiger charge is 2.55. The quantitative estimate of drug-likeness (QED) is 0.454. The zero-order valence-corrected chi connectivity index (χ0v) is 16.9. The average Bonchev–Trinajstić information content (AvgIpc) is 2.64. The van der Waals surface area contributed by atoms with Crippen molar-refractivity contribution < 1.29 is 14.6 Å². The van der Waals surface area contributed by atoms with Crippen molar-refractivity contribution in [2.24, 2.45) is 17.3 Å². The molecule has 0 aliphatic heterocycles. The van der Waals surface area contributed by atoms with Crippen LogP contribution in [0.3, 0.4) is 0 Å². The Morgan fingerprint density at radius 3 is 2.59 bits per heavy atom. The molecule has 1 aromatic carbocycles. The molecule has 3 heteroatoms. The number of allylic oxidation sites excluding steroid dienone is 1. The molecule has 1 saturated carbocycles. The molecule has 146 valence electrons. The van der Waals surface area contributed by atoms with E-state index >= 15 is 0 Å². The van der Waals surface area contributed by atoms with Gasteiger partial charge in [0.1, 0.15) is 5.60 Å². The second-order valence-corrected chi connectivity index (χ2v) is 8.91. The maximum Gasteiger partial charge on any atom is 0.331 e. The van der Waals surface area contributed by atoms with E-state index in [4.69, 9.17) is 4.74 Å². The van der Waals surface area contributed by atoms with Crippen LogP contribution < -0.4 is 0 Å². The first-order valence-electron chi connectivity index (χ1n) is 10.1. The summed E-state index contributed by atoms with van der Waals surface area (Å²) in [5.74, 6) is 0.200. The minimum Gasteiger partial charge on any atom is -0.456 e. The lowest BCUT2D eigenvalue weighted by molar-refractivity contribution is -0.182. The summed E-state index contributed by atoms with van der Waals surface area (Å²) in [6.07, 6.45) is 8.56. The lowest BCUT2D eigenvalue weighted by Crippen LogP contribution is -2.57. The van der Waals surface area contributed by atoms with E-state index in [-0.39, 0.29) is 23.4 Å². The van der Waals surface area contributed by atoms with Crippen LogP contribution in [0.15, 0.2) is 48.1 Å². The molecule has 2 aliphatic rings. The Morgan fingerprint density at radius 1 is 1.22 bits per heavy atom. The molecule has 1 aromatic rings. The Morgan fingerprint density at radius 2 is 1.93 bits per heavy atom. The van der Waals surface area contributed by atoms with Crippen LogP contribution in [-0.2, 0) is 9.53 Å². The summed E-state index contributed by atoms with van der Waals surface area (Å²) in [4.78, 5) is 12.6. The van der Waals surface area contributed by atoms with Crippen molar-refractivity contribution in [2.45, 2.75) is 65.1 Å². The fraction of sp³-hybridized carbons (Fsp3) is 0.542. The molecule has 0 amide bonds. The third-order valence-corrected chi connectivity index (χ3v) is 6.66. The van der Waals surface area contributed by atoms with Gasteiger partial charge in [-0.3, -0.25) is 0 Å². The molecule has 1 N–H and O–H groups in total. The summed E-state index contributed by atoms with van der Waals surface area (Å²) in [5, 5.41) is 10.7. The summed E-state index contributed by atoms with van der Waals surface area (Å²) in [7, 11) is 0. The Balaban J connectivity index is 1.83. The topological polar surface area (TPSA) is 46.5 Å². The van der Waals surface area contributed by atoms with Gasteiger partial charge in [-0.15, -0.1) is 0 Å². The van der Waals surface area contributed by atoms with Gasteiger partial charge in [-0.2, -0.15) is 0 Å². The molecule has 27 heavy (non-hydrogen) atoms. The zero-order valence-electron chi connectivity index (χ0n) is 16.9. The van der Waals surface area contributed by atoms with E-state index in [1.54, 1.807) is 6.08 Å². The molecule has 0 radical (unpaired) electrons. The number of aliphatic hydroxyl groups is 1. The van der Waals surface area contributed by atoms with Gasteiger partial charge < -0.3 is 9.84 Å². The van der Waals surface area contributed by atoms with Crippen molar-refractivity contribution in [3.63, 3.8) is 0 Å². The zero-order chi connectivity index (χ0) is 19.7. The number of carbonyl (C=O) groups excluding carboxylic acids is 1. The third-order valence-electron chi connectivity index (χ3n) is 6.66. The molecule has 3 rings (SSSR count). The van der Waals surface area contributed by atoms with Gasteiger partial charge in [0.2, 0.25) is 0 Å². The molecule has 0 spiro atoms. The standard InChI is InChI=1S/C24H32O3/c1-17(2)19-12-14-23(3)20(16-19)24(4,15-13-21(23)25)27-22(26)11-10-18-8-6-5-7-9-18/h5-11,16-17,20-21,25H,12-15H2,1-4H3. The smallest absolute Gasteiger partial charge is 0.331 e. The van der Waals surface area contributed by atoms with Crippen molar-refractivity contribution in [2.75, 3.05) is 0 Å². The van der Waals surface area contributed by atoms with Crippen molar-refractivity contribution in [1.29, 1.82) is 0 Å². The monoisotopic (exact) mass is 368 g/mol. The number of fused-ring (bicyclic) bond motifs is 1. The minimum absolute atomic E-state index is 0.0361. The van der Waals surface area contributed by atoms with Gasteiger partial charge in [-0.25, -0.2) is 4.79 Å². The molecule has 4 unspecified atom stereocenters. The molecule has 1 fully saturated rings. The fourth-order valence-corrected chi connectivity index (χ4v) is 4.80. The normalized spacial score (nSPS) is 33.6. The van der Waals surface area contributed by atoms with E-state index in [0.717, 1.165) is 18.4 Å². The second-order valence-electron chi connectivity index (χ2n) is 8.91. The highest BCUT2D eigenvalue weighted by molar-refractivity contribution is 5.87. The first-order chi connectivity index (χ1) is 12.7. The lowest BCUT2D eigenvalue weighted by atomic mass is 9.54. The summed E-state index contributed by atoms with van der Waals surface area (Å²) in [6.45, 7) is 8.61. The van der Waals surface area contributed by atoms with Crippen LogP contribution in [-0.4, -0.2) is 22.8 Å². The highest BCUT2D eigenvalue weighted by Crippen LogP contribution is 2.55. The summed E-state index contributed by atoms with van der Waals surface area (Å²) in [6, 6.07) is 9.75. The molecule has 0 heterocycles. The number of carbonyl (C=O) groups is 1. The molecule has 2 aliphatic carbocycles. The predicted octanol–water partition coefficient (Wildman–Crippen LogP) is 5.16. The van der Waals surface area contributed by atoms with Gasteiger partial charge >= 0.3 is 5.97 Å². The lowest BCUT2D eigenvalue weighted by Gasteiger charge is -2.55. The van der Waals surface area contributed by atoms with Crippen LogP contribution in [0.5, 0.6) is 0 Å². The molecule has 0 bridgehead atoms. The summed E-state index contributed by atoms with van der Waals surface area (Å²) < 4.78 is 6.03. The van der Waals surface area contributed by atoms with Crippen LogP contribution in [0.25, 0.3) is 6.08 Å². The fourth-order valence-electron chi connectivity index (χ4n) is 4.80. The number of aliphatic hydroxyl groups excluding tert-OH is 1. The average molecular weight is 369 g/mol. The van der Waals surface area contributed by atoms with Crippen LogP contribution in [0, 0.1) is 17.3 Å². The van der Waals surface area contributed by atoms with E-state index in [1.807, 2.05) is 37.3 Å². The van der Waals surface area contributed by atoms with Gasteiger partial charge in [0.05, 0.1) is 6.10 Å². The van der Waals surface area contributed by atoms with E-state index in [0.29, 0.717) is 18.8 Å². The molecule has 0 aromatic heterocycles. The van der Waals surface area contributed by atoms with Gasteiger partial charge in [0.15, 0.2) is 0 Å². The predicted molar refractivity (Wildman–Crippen MR) is 109 cm³/mol.